The highest BCUT2D eigenvalue weighted by atomic mass is 32.2. The van der Waals surface area contributed by atoms with Crippen molar-refractivity contribution in [2.45, 2.75) is 41.5 Å². The lowest BCUT2D eigenvalue weighted by Crippen LogP contribution is -2.21. The van der Waals surface area contributed by atoms with Gasteiger partial charge in [-0.3, -0.25) is 0 Å². The van der Waals surface area contributed by atoms with Crippen molar-refractivity contribution in [3.8, 4) is 0 Å². The Morgan fingerprint density at radius 3 is 2.04 bits per heavy atom. The minimum atomic E-state index is 0.777. The first kappa shape index (κ1) is 18.5. The van der Waals surface area contributed by atoms with E-state index in [0.29, 0.717) is 0 Å². The molecule has 0 unspecified atom stereocenters. The first-order valence-electron chi connectivity index (χ1n) is 8.85. The van der Waals surface area contributed by atoms with Crippen LogP contribution in [-0.2, 0) is 0 Å². The van der Waals surface area contributed by atoms with E-state index in [2.05, 4.69) is 81.3 Å². The quantitative estimate of drug-likeness (QED) is 0.448. The summed E-state index contributed by atoms with van der Waals surface area (Å²) in [4.78, 5) is 5.08. The van der Waals surface area contributed by atoms with Crippen LogP contribution in [0.2, 0.25) is 0 Å². The number of benzene rings is 2. The molecule has 26 heavy (non-hydrogen) atoms. The molecule has 0 aromatic heterocycles. The lowest BCUT2D eigenvalue weighted by Gasteiger charge is -2.21. The van der Waals surface area contributed by atoms with E-state index >= 15 is 0 Å². The molecule has 1 aliphatic rings. The number of rotatable bonds is 2. The summed E-state index contributed by atoms with van der Waals surface area (Å²) in [6.07, 6.45) is 0. The molecular weight excluding hydrogens is 336 g/mol. The molecule has 0 N–H and O–H groups in total. The van der Waals surface area contributed by atoms with Crippen LogP contribution < -0.4 is 0 Å². The van der Waals surface area contributed by atoms with Gasteiger partial charge in [-0.2, -0.15) is 4.58 Å². The van der Waals surface area contributed by atoms with Crippen LogP contribution in [0.25, 0.3) is 9.75 Å². The Kier molecular flexibility index (Phi) is 5.07. The molecular formula is C23H25N2S+. The van der Waals surface area contributed by atoms with Crippen molar-refractivity contribution in [1.29, 1.82) is 0 Å². The van der Waals surface area contributed by atoms with E-state index in [9.17, 15) is 0 Å². The summed E-state index contributed by atoms with van der Waals surface area (Å²) in [5.41, 5.74) is 10.6. The average molecular weight is 362 g/mol. The summed E-state index contributed by atoms with van der Waals surface area (Å²) in [6, 6.07) is 10.8. The maximum Gasteiger partial charge on any atom is 0.265 e. The number of nitrogens with zero attached hydrogens (tertiary/aromatic N) is 2. The smallest absolute Gasteiger partial charge is 0.230 e. The second-order valence-corrected chi connectivity index (χ2v) is 8.05. The van der Waals surface area contributed by atoms with E-state index in [1.54, 1.807) is 11.8 Å². The number of thioether (sulfide) groups is 1. The van der Waals surface area contributed by atoms with Gasteiger partial charge in [0.2, 0.25) is 5.69 Å². The van der Waals surface area contributed by atoms with Crippen LogP contribution in [0, 0.1) is 41.2 Å². The molecule has 0 amide bonds. The molecule has 3 heteroatoms. The van der Waals surface area contributed by atoms with Gasteiger partial charge in [-0.15, -0.1) is 0 Å². The summed E-state index contributed by atoms with van der Waals surface area (Å²) in [6.45, 7) is 20.7. The molecule has 3 rings (SSSR count). The molecule has 0 bridgehead atoms. The maximum atomic E-state index is 7.86. The highest BCUT2D eigenvalue weighted by Gasteiger charge is 2.31. The average Bonchev–Trinajstić information content (AvgIpc) is 2.55. The van der Waals surface area contributed by atoms with E-state index in [1.807, 2.05) is 0 Å². The van der Waals surface area contributed by atoms with Gasteiger partial charge in [-0.25, -0.2) is 4.85 Å². The van der Waals surface area contributed by atoms with Gasteiger partial charge < -0.3 is 0 Å². The lowest BCUT2D eigenvalue weighted by atomic mass is 9.98. The fourth-order valence-electron chi connectivity index (χ4n) is 3.91. The van der Waals surface area contributed by atoms with E-state index < -0.39 is 0 Å². The van der Waals surface area contributed by atoms with Gasteiger partial charge in [0.1, 0.15) is 0 Å². The normalized spacial score (nSPS) is 14.7. The SMILES string of the molecule is [C-]#[N+]C1=C(c2c(C)cc(C)cc2C)SC[N+](c2c(C)cccc2C)=C1C. The third-order valence-corrected chi connectivity index (χ3v) is 6.10. The molecule has 132 valence electrons. The number of hydrogen-bond donors (Lipinski definition) is 0. The van der Waals surface area contributed by atoms with Crippen LogP contribution in [0.1, 0.15) is 40.3 Å². The second kappa shape index (κ2) is 7.13. The van der Waals surface area contributed by atoms with Crippen LogP contribution in [0.3, 0.4) is 0 Å². The largest absolute Gasteiger partial charge is 0.265 e. The number of hydrogen-bond acceptors (Lipinski definition) is 1. The predicted molar refractivity (Wildman–Crippen MR) is 113 cm³/mol. The van der Waals surface area contributed by atoms with E-state index in [4.69, 9.17) is 6.57 Å². The zero-order valence-corrected chi connectivity index (χ0v) is 17.2. The van der Waals surface area contributed by atoms with Crippen LogP contribution in [0.15, 0.2) is 36.0 Å². The zero-order chi connectivity index (χ0) is 19.0. The molecule has 1 heterocycles. The standard InChI is InChI=1S/C23H25N2S/c1-14-11-17(4)20(18(5)12-14)23-21(24-7)19(6)25(13-26-23)22-15(2)9-8-10-16(22)3/h8-12H,13H2,1-6H3/q+1. The van der Waals surface area contributed by atoms with Crippen molar-refractivity contribution >= 4 is 28.1 Å². The summed E-state index contributed by atoms with van der Waals surface area (Å²) in [5.74, 6) is 0.832. The Morgan fingerprint density at radius 1 is 0.923 bits per heavy atom. The van der Waals surface area contributed by atoms with Gasteiger partial charge in [0.25, 0.3) is 5.70 Å². The van der Waals surface area contributed by atoms with E-state index in [1.165, 1.54) is 39.1 Å². The minimum Gasteiger partial charge on any atom is -0.230 e. The van der Waals surface area contributed by atoms with E-state index in [0.717, 1.165) is 22.2 Å². The monoisotopic (exact) mass is 361 g/mol. The summed E-state index contributed by atoms with van der Waals surface area (Å²) < 4.78 is 2.30. The zero-order valence-electron chi connectivity index (χ0n) is 16.4. The number of aryl methyl sites for hydroxylation is 5. The molecule has 1 aliphatic heterocycles. The maximum absolute atomic E-state index is 7.86. The fraction of sp³-hybridized carbons (Fsp3) is 0.304. The highest BCUT2D eigenvalue weighted by Crippen LogP contribution is 2.41. The molecule has 2 nitrogen and oxygen atoms in total. The third-order valence-electron chi connectivity index (χ3n) is 5.03. The Balaban J connectivity index is 2.25. The molecule has 0 spiro atoms. The second-order valence-electron chi connectivity index (χ2n) is 7.09. The molecule has 0 atom stereocenters. The predicted octanol–water partition coefficient (Wildman–Crippen LogP) is 6.33. The van der Waals surface area contributed by atoms with Crippen molar-refractivity contribution in [1.82, 2.24) is 0 Å². The Labute approximate surface area is 161 Å². The van der Waals surface area contributed by atoms with Gasteiger partial charge in [0.15, 0.2) is 11.6 Å². The Morgan fingerprint density at radius 2 is 1.50 bits per heavy atom. The first-order valence-corrected chi connectivity index (χ1v) is 9.84. The van der Waals surface area contributed by atoms with Crippen LogP contribution in [-0.4, -0.2) is 16.2 Å². The van der Waals surface area contributed by atoms with Crippen molar-refractivity contribution in [3.05, 3.63) is 80.8 Å². The minimum absolute atomic E-state index is 0.777. The van der Waals surface area contributed by atoms with Crippen molar-refractivity contribution < 1.29 is 4.58 Å². The van der Waals surface area contributed by atoms with Gasteiger partial charge >= 0.3 is 0 Å². The van der Waals surface area contributed by atoms with Crippen molar-refractivity contribution in [2.24, 2.45) is 0 Å². The van der Waals surface area contributed by atoms with Gasteiger partial charge in [-0.1, -0.05) is 47.7 Å². The van der Waals surface area contributed by atoms with Crippen molar-refractivity contribution in [3.63, 3.8) is 0 Å². The van der Waals surface area contributed by atoms with Gasteiger partial charge in [-0.05, 0) is 51.3 Å². The topological polar surface area (TPSA) is 7.37 Å². The Hall–Kier alpha value is -2.31. The molecule has 0 fully saturated rings. The number of para-hydroxylation sites is 1. The first-order chi connectivity index (χ1) is 12.3. The molecule has 0 saturated carbocycles. The number of allylic oxidation sites excluding steroid dienone is 1. The molecule has 2 aromatic carbocycles. The summed E-state index contributed by atoms with van der Waals surface area (Å²) >= 11 is 1.78. The molecule has 0 aliphatic carbocycles. The van der Waals surface area contributed by atoms with Crippen LogP contribution in [0.4, 0.5) is 5.69 Å². The Bertz CT molecular complexity index is 960. The molecule has 0 radical (unpaired) electrons. The highest BCUT2D eigenvalue weighted by molar-refractivity contribution is 8.08. The third kappa shape index (κ3) is 3.10. The fourth-order valence-corrected chi connectivity index (χ4v) is 5.29. The molecule has 2 aromatic rings. The van der Waals surface area contributed by atoms with Crippen LogP contribution >= 0.6 is 11.8 Å². The van der Waals surface area contributed by atoms with E-state index in [-0.39, 0.29) is 0 Å². The summed E-state index contributed by atoms with van der Waals surface area (Å²) in [7, 11) is 0. The molecule has 0 saturated heterocycles. The lowest BCUT2D eigenvalue weighted by molar-refractivity contribution is -0.417. The van der Waals surface area contributed by atoms with Gasteiger partial charge in [0.05, 0.1) is 6.57 Å². The van der Waals surface area contributed by atoms with Crippen molar-refractivity contribution in [2.75, 3.05) is 5.88 Å². The van der Waals surface area contributed by atoms with Crippen LogP contribution in [0.5, 0.6) is 0 Å². The summed E-state index contributed by atoms with van der Waals surface area (Å²) in [5, 5.41) is 0. The van der Waals surface area contributed by atoms with Gasteiger partial charge in [0, 0.05) is 23.0 Å².